The number of hydrogen-bond donors (Lipinski definition) is 5. The number of benzene rings is 3. The first kappa shape index (κ1) is 45.7. The first-order valence-corrected chi connectivity index (χ1v) is 24.1. The van der Waals surface area contributed by atoms with Crippen LogP contribution in [-0.4, -0.2) is 120 Å². The van der Waals surface area contributed by atoms with Crippen LogP contribution < -0.4 is 20.7 Å². The number of aromatic carboxylic acids is 1. The summed E-state index contributed by atoms with van der Waals surface area (Å²) < 4.78 is 33.8. The summed E-state index contributed by atoms with van der Waals surface area (Å²) in [4.78, 5) is 77.1. The summed E-state index contributed by atoms with van der Waals surface area (Å²) in [6, 6.07) is 19.2. The van der Waals surface area contributed by atoms with Gasteiger partial charge in [0.2, 0.25) is 27.7 Å². The molecule has 4 aromatic rings. The molecule has 8 rings (SSSR count). The molecule has 20 heteroatoms. The van der Waals surface area contributed by atoms with Gasteiger partial charge in [-0.05, 0) is 104 Å². The number of halogens is 1. The van der Waals surface area contributed by atoms with Gasteiger partial charge in [-0.2, -0.15) is 0 Å². The predicted molar refractivity (Wildman–Crippen MR) is 242 cm³/mol. The molecule has 4 amide bonds. The van der Waals surface area contributed by atoms with Crippen LogP contribution in [0.4, 0.5) is 11.4 Å². The Bertz CT molecular complexity index is 2660. The van der Waals surface area contributed by atoms with Crippen molar-refractivity contribution in [2.75, 3.05) is 50.0 Å². The number of likely N-dealkylation sites (tertiary alicyclic amines) is 1. The second kappa shape index (κ2) is 19.3. The van der Waals surface area contributed by atoms with Gasteiger partial charge in [-0.3, -0.25) is 29.4 Å². The van der Waals surface area contributed by atoms with E-state index in [1.54, 1.807) is 47.4 Å². The van der Waals surface area contributed by atoms with Crippen LogP contribution in [0.1, 0.15) is 81.2 Å². The van der Waals surface area contributed by atoms with Gasteiger partial charge in [0.1, 0.15) is 11.1 Å². The molecule has 4 aliphatic rings. The molecule has 0 bridgehead atoms. The Morgan fingerprint density at radius 1 is 0.892 bits per heavy atom. The van der Waals surface area contributed by atoms with Gasteiger partial charge in [0.15, 0.2) is 17.2 Å². The number of carboxylic acids is 2. The summed E-state index contributed by atoms with van der Waals surface area (Å²) in [5.41, 5.74) is 4.95. The minimum absolute atomic E-state index is 0.00324. The molecule has 342 valence electrons. The van der Waals surface area contributed by atoms with Crippen LogP contribution in [0.5, 0.6) is 5.75 Å². The first-order chi connectivity index (χ1) is 31.1. The summed E-state index contributed by atoms with van der Waals surface area (Å²) >= 11 is 7.36. The van der Waals surface area contributed by atoms with Gasteiger partial charge in [0, 0.05) is 49.0 Å². The number of amides is 4. The van der Waals surface area contributed by atoms with Crippen molar-refractivity contribution < 1.29 is 52.1 Å². The summed E-state index contributed by atoms with van der Waals surface area (Å²) in [7, 11) is -3.69. The molecule has 1 atom stereocenters. The fourth-order valence-electron chi connectivity index (χ4n) is 8.97. The molecule has 3 aromatic carbocycles. The highest BCUT2D eigenvalue weighted by Crippen LogP contribution is 2.46. The minimum atomic E-state index is -3.69. The molecule has 1 unspecified atom stereocenters. The van der Waals surface area contributed by atoms with Crippen molar-refractivity contribution in [1.82, 2.24) is 19.4 Å². The topological polar surface area (TPSA) is 232 Å². The van der Waals surface area contributed by atoms with Crippen LogP contribution >= 0.6 is 22.9 Å². The van der Waals surface area contributed by atoms with E-state index in [4.69, 9.17) is 21.4 Å². The smallest absolute Gasteiger partial charge is 0.349 e. The lowest BCUT2D eigenvalue weighted by Gasteiger charge is -2.32. The van der Waals surface area contributed by atoms with Gasteiger partial charge in [0.25, 0.3) is 5.91 Å². The predicted octanol–water partition coefficient (Wildman–Crippen LogP) is 5.22. The third-order valence-corrected chi connectivity index (χ3v) is 15.8. The quantitative estimate of drug-likeness (QED) is 0.0965. The summed E-state index contributed by atoms with van der Waals surface area (Å²) in [6.45, 7) is 1.74. The molecule has 3 saturated heterocycles. The Morgan fingerprint density at radius 2 is 1.63 bits per heavy atom. The summed E-state index contributed by atoms with van der Waals surface area (Å²) in [6.07, 6.45) is 3.23. The molecule has 17 nitrogen and oxygen atoms in total. The monoisotopic (exact) mass is 946 g/mol. The number of carboxylic acid groups (broad SMARTS) is 2. The molecule has 4 aliphatic heterocycles. The third-order valence-electron chi connectivity index (χ3n) is 12.2. The Labute approximate surface area is 383 Å². The zero-order chi connectivity index (χ0) is 46.0. The van der Waals surface area contributed by atoms with Gasteiger partial charge in [-0.15, -0.1) is 11.3 Å². The van der Waals surface area contributed by atoms with Gasteiger partial charge < -0.3 is 30.5 Å². The second-order valence-corrected chi connectivity index (χ2v) is 20.0. The van der Waals surface area contributed by atoms with Crippen LogP contribution in [0.3, 0.4) is 0 Å². The fraction of sp³-hybridized carbons (Fsp3) is 0.378. The summed E-state index contributed by atoms with van der Waals surface area (Å²) in [5.74, 6) is -3.91. The summed E-state index contributed by atoms with van der Waals surface area (Å²) in [5, 5.41) is 27.4. The standard InChI is InChI=1S/C45H47ClN6O11S2/c46-39-40(63-24-38(55)56)42(45(59)60)64-41(39)29-4-2-6-33(21-29)47-31-13-17-51(18-14-31)65(61,62)25-26-3-1-5-32(19-26)48-37(54)23-50-15-11-27(12-16-50)28-7-8-34-30(20-28)22-52(44(34)58)35-9-10-36(53)49-43(35)57/h1-8,19-21,27,31,35,47H,9-18,22-25H2,(H,48,54)(H,55,56)(H,59,60)(H,49,53,57). The zero-order valence-electron chi connectivity index (χ0n) is 35.1. The number of piperidine rings is 3. The van der Waals surface area contributed by atoms with Crippen molar-refractivity contribution in [1.29, 1.82) is 0 Å². The molecule has 0 aliphatic carbocycles. The molecule has 65 heavy (non-hydrogen) atoms. The van der Waals surface area contributed by atoms with E-state index >= 15 is 0 Å². The first-order valence-electron chi connectivity index (χ1n) is 21.3. The largest absolute Gasteiger partial charge is 0.479 e. The number of nitrogens with one attached hydrogen (secondary N) is 3. The number of rotatable bonds is 15. The number of fused-ring (bicyclic) bond motifs is 1. The van der Waals surface area contributed by atoms with Crippen LogP contribution in [0.2, 0.25) is 5.02 Å². The van der Waals surface area contributed by atoms with E-state index in [2.05, 4.69) is 26.9 Å². The van der Waals surface area contributed by atoms with E-state index in [-0.39, 0.29) is 64.0 Å². The van der Waals surface area contributed by atoms with Gasteiger partial charge >= 0.3 is 11.9 Å². The average molecular weight is 947 g/mol. The fourth-order valence-corrected chi connectivity index (χ4v) is 11.9. The number of sulfonamides is 1. The number of thiophene rings is 1. The van der Waals surface area contributed by atoms with E-state index in [1.807, 2.05) is 18.2 Å². The van der Waals surface area contributed by atoms with Gasteiger partial charge in [-0.1, -0.05) is 48.0 Å². The lowest BCUT2D eigenvalue weighted by atomic mass is 9.88. The Kier molecular flexibility index (Phi) is 13.6. The van der Waals surface area contributed by atoms with Crippen molar-refractivity contribution in [2.24, 2.45) is 0 Å². The maximum atomic E-state index is 13.6. The molecule has 5 heterocycles. The second-order valence-electron chi connectivity index (χ2n) is 16.7. The number of carbonyl (C=O) groups is 6. The minimum Gasteiger partial charge on any atom is -0.479 e. The lowest BCUT2D eigenvalue weighted by Crippen LogP contribution is -2.52. The Balaban J connectivity index is 0.792. The molecular weight excluding hydrogens is 900 g/mol. The number of ether oxygens (including phenoxy) is 1. The maximum absolute atomic E-state index is 13.6. The zero-order valence-corrected chi connectivity index (χ0v) is 37.5. The van der Waals surface area contributed by atoms with Crippen molar-refractivity contribution in [3.8, 4) is 16.2 Å². The molecular formula is C45H47ClN6O11S2. The highest BCUT2D eigenvalue weighted by atomic mass is 35.5. The van der Waals surface area contributed by atoms with Crippen molar-refractivity contribution >= 4 is 79.9 Å². The Hall–Kier alpha value is -5.86. The number of aliphatic carboxylic acids is 1. The molecule has 0 saturated carbocycles. The van der Waals surface area contributed by atoms with Gasteiger partial charge in [-0.25, -0.2) is 22.3 Å². The van der Waals surface area contributed by atoms with Crippen molar-refractivity contribution in [3.05, 3.63) is 98.9 Å². The van der Waals surface area contributed by atoms with Crippen molar-refractivity contribution in [3.63, 3.8) is 0 Å². The average Bonchev–Trinajstić information content (AvgIpc) is 3.78. The molecule has 5 N–H and O–H groups in total. The van der Waals surface area contributed by atoms with Crippen LogP contribution in [0, 0.1) is 0 Å². The van der Waals surface area contributed by atoms with E-state index in [1.165, 1.54) is 4.31 Å². The SMILES string of the molecule is O=C(O)COc1c(C(=O)O)sc(-c2cccc(NC3CCN(S(=O)(=O)Cc4cccc(NC(=O)CN5CCC(c6ccc7c(c6)CN(C6CCC(=O)NC6=O)C7=O)CC5)c4)CC3)c2)c1Cl. The van der Waals surface area contributed by atoms with E-state index in [0.29, 0.717) is 79.2 Å². The number of carbonyl (C=O) groups excluding carboxylic acids is 4. The van der Waals surface area contributed by atoms with Crippen molar-refractivity contribution in [2.45, 2.75) is 68.8 Å². The van der Waals surface area contributed by atoms with Crippen LogP contribution in [-0.2, 0) is 41.5 Å². The Morgan fingerprint density at radius 3 is 2.35 bits per heavy atom. The van der Waals surface area contributed by atoms with E-state index < -0.39 is 40.5 Å². The van der Waals surface area contributed by atoms with Crippen LogP contribution in [0.15, 0.2) is 66.7 Å². The highest BCUT2D eigenvalue weighted by molar-refractivity contribution is 7.88. The third kappa shape index (κ3) is 10.5. The molecule has 0 spiro atoms. The number of imide groups is 1. The van der Waals surface area contributed by atoms with E-state index in [0.717, 1.165) is 41.0 Å². The number of anilines is 2. The molecule has 1 aromatic heterocycles. The number of hydrogen-bond acceptors (Lipinski definition) is 12. The van der Waals surface area contributed by atoms with Gasteiger partial charge in [0.05, 0.1) is 17.2 Å². The maximum Gasteiger partial charge on any atom is 0.349 e. The molecule has 0 radical (unpaired) electrons. The van der Waals surface area contributed by atoms with E-state index in [9.17, 15) is 42.3 Å². The number of nitrogens with zero attached hydrogens (tertiary/aromatic N) is 3. The highest BCUT2D eigenvalue weighted by Gasteiger charge is 2.39. The lowest BCUT2D eigenvalue weighted by molar-refractivity contribution is -0.139. The normalized spacial score (nSPS) is 18.9. The van der Waals surface area contributed by atoms with Crippen LogP contribution in [0.25, 0.3) is 10.4 Å². The molecule has 3 fully saturated rings.